The first-order valence-electron chi connectivity index (χ1n) is 4.70. The van der Waals surface area contributed by atoms with Crippen molar-refractivity contribution in [3.63, 3.8) is 0 Å². The Bertz CT molecular complexity index is 211. The van der Waals surface area contributed by atoms with Crippen LogP contribution in [-0.4, -0.2) is 43.4 Å². The maximum atomic E-state index is 11.1. The molecule has 0 aromatic carbocycles. The van der Waals surface area contributed by atoms with Gasteiger partial charge in [-0.25, -0.2) is 0 Å². The van der Waals surface area contributed by atoms with E-state index >= 15 is 0 Å². The highest BCUT2D eigenvalue weighted by molar-refractivity contribution is 5.79. The van der Waals surface area contributed by atoms with Gasteiger partial charge < -0.3 is 16.0 Å². The fourth-order valence-corrected chi connectivity index (χ4v) is 0.837. The van der Waals surface area contributed by atoms with Crippen molar-refractivity contribution < 1.29 is 4.79 Å². The summed E-state index contributed by atoms with van der Waals surface area (Å²) in [6.07, 6.45) is 0.396. The van der Waals surface area contributed by atoms with Crippen LogP contribution >= 0.6 is 0 Å². The van der Waals surface area contributed by atoms with Crippen LogP contribution < -0.4 is 11.1 Å². The number of carbonyl (C=O) groups excluding carboxylic acids is 1. The molecule has 0 aromatic rings. The molecule has 0 radical (unpaired) electrons. The Morgan fingerprint density at radius 2 is 2.07 bits per heavy atom. The molecule has 0 aliphatic carbocycles. The molecule has 0 fully saturated rings. The van der Waals surface area contributed by atoms with Gasteiger partial charge in [0.05, 0.1) is 6.54 Å². The van der Waals surface area contributed by atoms with Gasteiger partial charge in [0.2, 0.25) is 5.91 Å². The SMILES string of the molecule is CC(C)NC(N)=NCCC(=O)N(C)C. The van der Waals surface area contributed by atoms with E-state index in [1.807, 2.05) is 13.8 Å². The molecule has 0 unspecified atom stereocenters. The van der Waals surface area contributed by atoms with Crippen LogP contribution in [-0.2, 0) is 4.79 Å². The minimum Gasteiger partial charge on any atom is -0.370 e. The average Bonchev–Trinajstić information content (AvgIpc) is 2.02. The van der Waals surface area contributed by atoms with Crippen LogP contribution in [0.25, 0.3) is 0 Å². The molecule has 82 valence electrons. The van der Waals surface area contributed by atoms with Crippen LogP contribution in [0.2, 0.25) is 0 Å². The number of nitrogens with zero attached hydrogens (tertiary/aromatic N) is 2. The molecule has 0 aromatic heterocycles. The first kappa shape index (κ1) is 12.7. The summed E-state index contributed by atoms with van der Waals surface area (Å²) in [7, 11) is 3.45. The van der Waals surface area contributed by atoms with Crippen LogP contribution in [0.3, 0.4) is 0 Å². The van der Waals surface area contributed by atoms with Crippen molar-refractivity contribution in [2.75, 3.05) is 20.6 Å². The quantitative estimate of drug-likeness (QED) is 0.487. The lowest BCUT2D eigenvalue weighted by Crippen LogP contribution is -2.37. The number of rotatable bonds is 4. The molecule has 0 rings (SSSR count). The van der Waals surface area contributed by atoms with Gasteiger partial charge in [0.25, 0.3) is 0 Å². The van der Waals surface area contributed by atoms with Gasteiger partial charge in [-0.05, 0) is 13.8 Å². The Morgan fingerprint density at radius 3 is 2.50 bits per heavy atom. The maximum Gasteiger partial charge on any atom is 0.223 e. The molecule has 14 heavy (non-hydrogen) atoms. The summed E-state index contributed by atoms with van der Waals surface area (Å²) in [6, 6.07) is 0.267. The van der Waals surface area contributed by atoms with Crippen LogP contribution in [0, 0.1) is 0 Å². The van der Waals surface area contributed by atoms with E-state index in [0.717, 1.165) is 0 Å². The predicted molar refractivity (Wildman–Crippen MR) is 58.1 cm³/mol. The highest BCUT2D eigenvalue weighted by Crippen LogP contribution is 1.87. The molecular weight excluding hydrogens is 180 g/mol. The molecule has 0 spiro atoms. The van der Waals surface area contributed by atoms with Gasteiger partial charge in [-0.15, -0.1) is 0 Å². The van der Waals surface area contributed by atoms with Gasteiger partial charge in [0.1, 0.15) is 0 Å². The van der Waals surface area contributed by atoms with Crippen LogP contribution in [0.4, 0.5) is 0 Å². The Hall–Kier alpha value is -1.26. The van der Waals surface area contributed by atoms with E-state index in [2.05, 4.69) is 10.3 Å². The zero-order valence-electron chi connectivity index (χ0n) is 9.37. The average molecular weight is 200 g/mol. The predicted octanol–water partition coefficient (Wildman–Crippen LogP) is -0.223. The van der Waals surface area contributed by atoms with E-state index < -0.39 is 0 Å². The Kier molecular flexibility index (Phi) is 5.67. The molecule has 0 aliphatic heterocycles. The molecule has 0 atom stereocenters. The highest BCUT2D eigenvalue weighted by Gasteiger charge is 2.02. The molecule has 5 heteroatoms. The number of aliphatic imine (C=N–C) groups is 1. The van der Waals surface area contributed by atoms with Crippen LogP contribution in [0.1, 0.15) is 20.3 Å². The zero-order valence-corrected chi connectivity index (χ0v) is 9.37. The van der Waals surface area contributed by atoms with Gasteiger partial charge in [0, 0.05) is 26.6 Å². The van der Waals surface area contributed by atoms with Crippen LogP contribution in [0.15, 0.2) is 4.99 Å². The minimum absolute atomic E-state index is 0.0612. The lowest BCUT2D eigenvalue weighted by atomic mass is 10.4. The number of amides is 1. The summed E-state index contributed by atoms with van der Waals surface area (Å²) in [4.78, 5) is 16.7. The fourth-order valence-electron chi connectivity index (χ4n) is 0.837. The Labute approximate surface area is 85.4 Å². The first-order chi connectivity index (χ1) is 6.43. The third-order valence-electron chi connectivity index (χ3n) is 1.54. The van der Waals surface area contributed by atoms with Gasteiger partial charge in [-0.1, -0.05) is 0 Å². The minimum atomic E-state index is 0.0612. The molecule has 3 N–H and O–H groups in total. The first-order valence-corrected chi connectivity index (χ1v) is 4.70. The molecule has 5 nitrogen and oxygen atoms in total. The van der Waals surface area contributed by atoms with Crippen molar-refractivity contribution >= 4 is 11.9 Å². The number of hydrogen-bond acceptors (Lipinski definition) is 2. The summed E-state index contributed by atoms with van der Waals surface area (Å²) in [5.74, 6) is 0.456. The third-order valence-corrected chi connectivity index (χ3v) is 1.54. The van der Waals surface area contributed by atoms with Crippen molar-refractivity contribution in [1.29, 1.82) is 0 Å². The van der Waals surface area contributed by atoms with E-state index in [9.17, 15) is 4.79 Å². The molecule has 1 amide bonds. The van der Waals surface area contributed by atoms with Gasteiger partial charge >= 0.3 is 0 Å². The second-order valence-corrected chi connectivity index (χ2v) is 3.60. The monoisotopic (exact) mass is 200 g/mol. The van der Waals surface area contributed by atoms with E-state index in [1.165, 1.54) is 0 Å². The topological polar surface area (TPSA) is 70.7 Å². The fraction of sp³-hybridized carbons (Fsp3) is 0.778. The van der Waals surface area contributed by atoms with E-state index in [4.69, 9.17) is 5.73 Å². The molecule has 0 bridgehead atoms. The summed E-state index contributed by atoms with van der Waals surface area (Å²) in [5, 5.41) is 2.95. The lowest BCUT2D eigenvalue weighted by molar-refractivity contribution is -0.128. The standard InChI is InChI=1S/C9H20N4O/c1-7(2)12-9(10)11-6-5-8(14)13(3)4/h7H,5-6H2,1-4H3,(H3,10,11,12). The number of carbonyl (C=O) groups is 1. The van der Waals surface area contributed by atoms with E-state index in [-0.39, 0.29) is 11.9 Å². The second kappa shape index (κ2) is 6.23. The maximum absolute atomic E-state index is 11.1. The van der Waals surface area contributed by atoms with Gasteiger partial charge in [-0.2, -0.15) is 0 Å². The normalized spacial score (nSPS) is 11.6. The van der Waals surface area contributed by atoms with Crippen molar-refractivity contribution in [3.8, 4) is 0 Å². The highest BCUT2D eigenvalue weighted by atomic mass is 16.2. The van der Waals surface area contributed by atoms with Gasteiger partial charge in [-0.3, -0.25) is 9.79 Å². The summed E-state index contributed by atoms with van der Waals surface area (Å²) in [5.41, 5.74) is 5.55. The Morgan fingerprint density at radius 1 is 1.50 bits per heavy atom. The second-order valence-electron chi connectivity index (χ2n) is 3.60. The van der Waals surface area contributed by atoms with Crippen molar-refractivity contribution in [3.05, 3.63) is 0 Å². The summed E-state index contributed by atoms with van der Waals surface area (Å²) >= 11 is 0. The van der Waals surface area contributed by atoms with Crippen LogP contribution in [0.5, 0.6) is 0 Å². The molecule has 0 aliphatic rings. The van der Waals surface area contributed by atoms with E-state index in [1.54, 1.807) is 19.0 Å². The van der Waals surface area contributed by atoms with Crippen molar-refractivity contribution in [2.45, 2.75) is 26.3 Å². The smallest absolute Gasteiger partial charge is 0.223 e. The zero-order chi connectivity index (χ0) is 11.1. The van der Waals surface area contributed by atoms with Crippen molar-refractivity contribution in [1.82, 2.24) is 10.2 Å². The molecular formula is C9H20N4O. The van der Waals surface area contributed by atoms with Crippen molar-refractivity contribution in [2.24, 2.45) is 10.7 Å². The van der Waals surface area contributed by atoms with Gasteiger partial charge in [0.15, 0.2) is 5.96 Å². The molecule has 0 heterocycles. The lowest BCUT2D eigenvalue weighted by Gasteiger charge is -2.10. The summed E-state index contributed by atoms with van der Waals surface area (Å²) in [6.45, 7) is 4.39. The largest absolute Gasteiger partial charge is 0.370 e. The van der Waals surface area contributed by atoms with E-state index in [0.29, 0.717) is 18.9 Å². The summed E-state index contributed by atoms with van der Waals surface area (Å²) < 4.78 is 0. The number of hydrogen-bond donors (Lipinski definition) is 2. The number of guanidine groups is 1. The number of nitrogens with two attached hydrogens (primary N) is 1. The Balaban J connectivity index is 3.76. The number of nitrogens with one attached hydrogen (secondary N) is 1. The molecule has 0 saturated heterocycles. The molecule has 0 saturated carbocycles. The third kappa shape index (κ3) is 6.28.